The van der Waals surface area contributed by atoms with E-state index in [0.29, 0.717) is 11.3 Å². The topological polar surface area (TPSA) is 65.3 Å². The summed E-state index contributed by atoms with van der Waals surface area (Å²) in [6, 6.07) is 9.93. The van der Waals surface area contributed by atoms with Crippen LogP contribution in [0.25, 0.3) is 0 Å². The lowest BCUT2D eigenvalue weighted by atomic mass is 10.1. The molecular weight excluding hydrogens is 385 g/mol. The van der Waals surface area contributed by atoms with Gasteiger partial charge in [-0.1, -0.05) is 36.4 Å². The molecule has 0 aliphatic carbocycles. The molecule has 2 aromatic rings. The molecule has 2 heterocycles. The fourth-order valence-corrected chi connectivity index (χ4v) is 3.52. The average Bonchev–Trinajstić information content (AvgIpc) is 3.21. The monoisotopic (exact) mass is 402 g/mol. The lowest BCUT2D eigenvalue weighted by molar-refractivity contribution is -0.137. The number of aryl methyl sites for hydroxylation is 1. The minimum atomic E-state index is -4.47. The van der Waals surface area contributed by atoms with E-state index in [1.54, 1.807) is 12.1 Å². The Labute approximate surface area is 164 Å². The number of amides is 2. The van der Waals surface area contributed by atoms with Gasteiger partial charge in [0.25, 0.3) is 11.8 Å². The number of hydrogen-bond donors (Lipinski definition) is 0. The number of carbonyl (C=O) groups excluding carboxylic acids is 2. The number of rotatable bonds is 4. The predicted molar refractivity (Wildman–Crippen MR) is 97.7 cm³/mol. The van der Waals surface area contributed by atoms with Crippen LogP contribution in [-0.2, 0) is 28.7 Å². The zero-order chi connectivity index (χ0) is 20.8. The Hall–Kier alpha value is -3.23. The van der Waals surface area contributed by atoms with E-state index in [-0.39, 0.29) is 6.54 Å². The van der Waals surface area contributed by atoms with Gasteiger partial charge in [0.1, 0.15) is 0 Å². The number of anilines is 1. The van der Waals surface area contributed by atoms with Gasteiger partial charge in [-0.2, -0.15) is 18.3 Å². The van der Waals surface area contributed by atoms with Gasteiger partial charge in [0.2, 0.25) is 0 Å². The highest BCUT2D eigenvalue weighted by atomic mass is 19.4. The Morgan fingerprint density at radius 1 is 1.00 bits per heavy atom. The maximum atomic E-state index is 12.9. The van der Waals surface area contributed by atoms with Crippen LogP contribution in [0.5, 0.6) is 0 Å². The molecule has 0 bridgehead atoms. The van der Waals surface area contributed by atoms with Crippen molar-refractivity contribution in [2.24, 2.45) is 10.3 Å². The summed E-state index contributed by atoms with van der Waals surface area (Å²) in [4.78, 5) is 26.7. The van der Waals surface area contributed by atoms with Gasteiger partial charge in [-0.25, -0.2) is 4.90 Å². The summed E-state index contributed by atoms with van der Waals surface area (Å²) < 4.78 is 38.8. The first kappa shape index (κ1) is 19.1. The summed E-state index contributed by atoms with van der Waals surface area (Å²) in [5.74, 6) is -0.972. The SMILES string of the molecule is CCc1ccc(N2C(=O)[C@@H]3[C@@H](N=NN3Cc3cccc(C(F)(F)F)c3)C2=O)cc1. The molecule has 1 fully saturated rings. The van der Waals surface area contributed by atoms with E-state index in [9.17, 15) is 22.8 Å². The lowest BCUT2D eigenvalue weighted by Gasteiger charge is -2.21. The number of benzene rings is 2. The number of nitrogens with zero attached hydrogens (tertiary/aromatic N) is 4. The Balaban J connectivity index is 1.57. The lowest BCUT2D eigenvalue weighted by Crippen LogP contribution is -2.39. The van der Waals surface area contributed by atoms with E-state index in [1.807, 2.05) is 19.1 Å². The van der Waals surface area contributed by atoms with Crippen molar-refractivity contribution in [1.82, 2.24) is 5.01 Å². The molecule has 29 heavy (non-hydrogen) atoms. The van der Waals surface area contributed by atoms with Gasteiger partial charge in [-0.05, 0) is 41.8 Å². The second-order valence-corrected chi connectivity index (χ2v) is 6.92. The van der Waals surface area contributed by atoms with Crippen molar-refractivity contribution >= 4 is 17.5 Å². The molecule has 2 aromatic carbocycles. The highest BCUT2D eigenvalue weighted by Crippen LogP contribution is 2.34. The van der Waals surface area contributed by atoms with Crippen LogP contribution in [0.2, 0.25) is 0 Å². The Morgan fingerprint density at radius 2 is 1.72 bits per heavy atom. The summed E-state index contributed by atoms with van der Waals surface area (Å²) in [6.07, 6.45) is -3.64. The molecule has 2 amide bonds. The second-order valence-electron chi connectivity index (χ2n) is 6.92. The molecule has 0 unspecified atom stereocenters. The third-order valence-corrected chi connectivity index (χ3v) is 5.06. The zero-order valence-electron chi connectivity index (χ0n) is 15.4. The van der Waals surface area contributed by atoms with Gasteiger partial charge >= 0.3 is 6.18 Å². The summed E-state index contributed by atoms with van der Waals surface area (Å²) in [6.45, 7) is 1.94. The van der Waals surface area contributed by atoms with Crippen molar-refractivity contribution in [1.29, 1.82) is 0 Å². The molecule has 0 N–H and O–H groups in total. The highest BCUT2D eigenvalue weighted by Gasteiger charge is 2.54. The quantitative estimate of drug-likeness (QED) is 0.732. The van der Waals surface area contributed by atoms with Crippen LogP contribution in [0.3, 0.4) is 0 Å². The van der Waals surface area contributed by atoms with Crippen LogP contribution >= 0.6 is 0 Å². The van der Waals surface area contributed by atoms with Gasteiger partial charge in [0.15, 0.2) is 12.1 Å². The maximum absolute atomic E-state index is 12.9. The number of carbonyl (C=O) groups is 2. The number of fused-ring (bicyclic) bond motifs is 1. The molecule has 2 aliphatic heterocycles. The Morgan fingerprint density at radius 3 is 2.38 bits per heavy atom. The van der Waals surface area contributed by atoms with Crippen LogP contribution in [0.4, 0.5) is 18.9 Å². The predicted octanol–water partition coefficient (Wildman–Crippen LogP) is 3.76. The largest absolute Gasteiger partial charge is 0.416 e. The van der Waals surface area contributed by atoms with Crippen LogP contribution < -0.4 is 4.90 Å². The van der Waals surface area contributed by atoms with Gasteiger partial charge in [0, 0.05) is 0 Å². The Kier molecular flexibility index (Phi) is 4.60. The smallest absolute Gasteiger partial charge is 0.271 e. The number of hydrogen-bond acceptors (Lipinski definition) is 5. The van der Waals surface area contributed by atoms with Gasteiger partial charge in [0.05, 0.1) is 17.8 Å². The van der Waals surface area contributed by atoms with Crippen LogP contribution in [0.1, 0.15) is 23.6 Å². The highest BCUT2D eigenvalue weighted by molar-refractivity contribution is 6.25. The molecule has 1 saturated heterocycles. The molecule has 0 radical (unpaired) electrons. The van der Waals surface area contributed by atoms with Gasteiger partial charge in [-0.3, -0.25) is 14.6 Å². The van der Waals surface area contributed by atoms with Crippen molar-refractivity contribution in [2.45, 2.75) is 38.1 Å². The van der Waals surface area contributed by atoms with Crippen molar-refractivity contribution in [2.75, 3.05) is 4.90 Å². The fraction of sp³-hybridized carbons (Fsp3) is 0.300. The Bertz CT molecular complexity index is 988. The third kappa shape index (κ3) is 3.37. The van der Waals surface area contributed by atoms with Crippen LogP contribution in [0, 0.1) is 0 Å². The number of imide groups is 1. The number of halogens is 3. The standard InChI is InChI=1S/C20H17F3N4O2/c1-2-12-6-8-15(9-7-12)27-18(28)16-17(19(27)29)26(25-24-16)11-13-4-3-5-14(10-13)20(21,22)23/h3-10,16-17H,2,11H2,1H3/t16-,17+/m1/s1. The zero-order valence-corrected chi connectivity index (χ0v) is 15.4. The summed E-state index contributed by atoms with van der Waals surface area (Å²) >= 11 is 0. The van der Waals surface area contributed by atoms with E-state index in [0.717, 1.165) is 29.0 Å². The van der Waals surface area contributed by atoms with Crippen LogP contribution in [0.15, 0.2) is 58.9 Å². The first-order valence-electron chi connectivity index (χ1n) is 9.10. The first-order chi connectivity index (χ1) is 13.8. The number of alkyl halides is 3. The molecule has 2 aliphatic rings. The first-order valence-corrected chi connectivity index (χ1v) is 9.10. The van der Waals surface area contributed by atoms with Crippen molar-refractivity contribution in [3.05, 3.63) is 65.2 Å². The molecular formula is C20H17F3N4O2. The van der Waals surface area contributed by atoms with E-state index in [1.165, 1.54) is 17.1 Å². The normalized spacial score (nSPS) is 21.2. The van der Waals surface area contributed by atoms with Crippen molar-refractivity contribution in [3.8, 4) is 0 Å². The molecule has 9 heteroatoms. The third-order valence-electron chi connectivity index (χ3n) is 5.06. The van der Waals surface area contributed by atoms with E-state index in [2.05, 4.69) is 10.3 Å². The van der Waals surface area contributed by atoms with Crippen molar-refractivity contribution in [3.63, 3.8) is 0 Å². The van der Waals surface area contributed by atoms with Crippen molar-refractivity contribution < 1.29 is 22.8 Å². The molecule has 0 spiro atoms. The summed E-state index contributed by atoms with van der Waals surface area (Å²) in [5, 5.41) is 9.06. The minimum absolute atomic E-state index is 0.0593. The molecule has 4 rings (SSSR count). The minimum Gasteiger partial charge on any atom is -0.271 e. The van der Waals surface area contributed by atoms with Gasteiger partial charge in [-0.15, -0.1) is 0 Å². The molecule has 2 atom stereocenters. The molecule has 0 saturated carbocycles. The van der Waals surface area contributed by atoms with E-state index < -0.39 is 35.6 Å². The van der Waals surface area contributed by atoms with Gasteiger partial charge < -0.3 is 0 Å². The second kappa shape index (κ2) is 6.98. The van der Waals surface area contributed by atoms with E-state index >= 15 is 0 Å². The summed E-state index contributed by atoms with van der Waals surface area (Å²) in [5.41, 5.74) is 1.05. The molecule has 0 aromatic heterocycles. The average molecular weight is 402 g/mol. The van der Waals surface area contributed by atoms with Crippen LogP contribution in [-0.4, -0.2) is 28.9 Å². The summed E-state index contributed by atoms with van der Waals surface area (Å²) in [7, 11) is 0. The fourth-order valence-electron chi connectivity index (χ4n) is 3.52. The maximum Gasteiger partial charge on any atom is 0.416 e. The van der Waals surface area contributed by atoms with E-state index in [4.69, 9.17) is 0 Å². The molecule has 6 nitrogen and oxygen atoms in total. The molecule has 150 valence electrons.